The number of rotatable bonds is 3. The maximum Gasteiger partial charge on any atom is 0.306 e. The molecule has 1 heterocycles. The second-order valence-electron chi connectivity index (χ2n) is 4.85. The summed E-state index contributed by atoms with van der Waals surface area (Å²) < 4.78 is 13.5. The highest BCUT2D eigenvalue weighted by Gasteiger charge is 2.25. The second-order valence-corrected chi connectivity index (χ2v) is 4.85. The van der Waals surface area contributed by atoms with Gasteiger partial charge in [-0.25, -0.2) is 4.39 Å². The van der Waals surface area contributed by atoms with E-state index < -0.39 is 11.8 Å². The molecule has 5 heteroatoms. The van der Waals surface area contributed by atoms with Gasteiger partial charge in [0.05, 0.1) is 5.92 Å². The Morgan fingerprint density at radius 1 is 1.26 bits per heavy atom. The molecule has 0 saturated carbocycles. The molecule has 1 aliphatic rings. The Morgan fingerprint density at radius 2 is 1.89 bits per heavy atom. The van der Waals surface area contributed by atoms with Gasteiger partial charge in [-0.1, -0.05) is 0 Å². The fourth-order valence-electron chi connectivity index (χ4n) is 2.34. The zero-order chi connectivity index (χ0) is 14.0. The van der Waals surface area contributed by atoms with Crippen LogP contribution in [0, 0.1) is 11.7 Å². The molecule has 102 valence electrons. The number of halogens is 1. The number of Topliss-reactive ketones (excluding diaryl/α,β-unsaturated/α-hetero) is 1. The van der Waals surface area contributed by atoms with E-state index in [0.29, 0.717) is 37.2 Å². The summed E-state index contributed by atoms with van der Waals surface area (Å²) in [5.41, 5.74) is 0.990. The first-order chi connectivity index (χ1) is 8.97. The van der Waals surface area contributed by atoms with Gasteiger partial charge in [-0.05, 0) is 38.0 Å². The van der Waals surface area contributed by atoms with E-state index in [0.717, 1.165) is 0 Å². The Bertz CT molecular complexity index is 507. The van der Waals surface area contributed by atoms with Crippen molar-refractivity contribution in [1.29, 1.82) is 0 Å². The highest BCUT2D eigenvalue weighted by molar-refractivity contribution is 5.95. The molecule has 1 aromatic carbocycles. The minimum atomic E-state index is -0.775. The lowest BCUT2D eigenvalue weighted by atomic mass is 9.96. The van der Waals surface area contributed by atoms with E-state index in [2.05, 4.69) is 0 Å². The summed E-state index contributed by atoms with van der Waals surface area (Å²) in [5, 5.41) is 8.93. The minimum Gasteiger partial charge on any atom is -0.481 e. The fourth-order valence-corrected chi connectivity index (χ4v) is 2.34. The Balaban J connectivity index is 2.15. The second kappa shape index (κ2) is 5.38. The van der Waals surface area contributed by atoms with Gasteiger partial charge >= 0.3 is 5.97 Å². The predicted octanol–water partition coefficient (Wildman–Crippen LogP) is 2.33. The average Bonchev–Trinajstić information content (AvgIpc) is 2.38. The van der Waals surface area contributed by atoms with Gasteiger partial charge in [-0.15, -0.1) is 0 Å². The number of carboxylic acids is 1. The maximum absolute atomic E-state index is 13.5. The smallest absolute Gasteiger partial charge is 0.306 e. The number of carbonyl (C=O) groups is 2. The van der Waals surface area contributed by atoms with Crippen molar-refractivity contribution in [1.82, 2.24) is 0 Å². The number of hydrogen-bond acceptors (Lipinski definition) is 3. The van der Waals surface area contributed by atoms with Crippen LogP contribution in [0.4, 0.5) is 10.1 Å². The highest BCUT2D eigenvalue weighted by atomic mass is 19.1. The van der Waals surface area contributed by atoms with Gasteiger partial charge in [0.2, 0.25) is 0 Å². The van der Waals surface area contributed by atoms with Crippen molar-refractivity contribution in [2.75, 3.05) is 18.0 Å². The van der Waals surface area contributed by atoms with Gasteiger partial charge < -0.3 is 10.0 Å². The number of anilines is 1. The lowest BCUT2D eigenvalue weighted by Gasteiger charge is -2.32. The van der Waals surface area contributed by atoms with Gasteiger partial charge in [0, 0.05) is 24.3 Å². The van der Waals surface area contributed by atoms with Crippen LogP contribution in [-0.2, 0) is 4.79 Å². The number of carboxylic acid groups (broad SMARTS) is 1. The Labute approximate surface area is 110 Å². The van der Waals surface area contributed by atoms with Gasteiger partial charge in [-0.2, -0.15) is 0 Å². The standard InChI is InChI=1S/C14H16FNO3/c1-9(17)11-6-12(15)8-13(7-11)16-4-2-10(3-5-16)14(18)19/h6-8,10H,2-5H2,1H3,(H,18,19). The summed E-state index contributed by atoms with van der Waals surface area (Å²) in [6, 6.07) is 4.26. The number of aliphatic carboxylic acids is 1. The molecule has 0 bridgehead atoms. The summed E-state index contributed by atoms with van der Waals surface area (Å²) in [6.07, 6.45) is 1.09. The van der Waals surface area contributed by atoms with Gasteiger partial charge in [-0.3, -0.25) is 9.59 Å². The monoisotopic (exact) mass is 265 g/mol. The van der Waals surface area contributed by atoms with Gasteiger partial charge in [0.15, 0.2) is 5.78 Å². The first kappa shape index (κ1) is 13.5. The number of piperidine rings is 1. The third kappa shape index (κ3) is 3.10. The van der Waals surface area contributed by atoms with Crippen LogP contribution in [0.25, 0.3) is 0 Å². The van der Waals surface area contributed by atoms with Crippen LogP contribution in [0.5, 0.6) is 0 Å². The van der Waals surface area contributed by atoms with E-state index in [4.69, 9.17) is 5.11 Å². The van der Waals surface area contributed by atoms with Crippen LogP contribution in [0.15, 0.2) is 18.2 Å². The minimum absolute atomic E-state index is 0.179. The van der Waals surface area contributed by atoms with Crippen LogP contribution >= 0.6 is 0 Å². The summed E-state index contributed by atoms with van der Waals surface area (Å²) in [6.45, 7) is 2.53. The van der Waals surface area contributed by atoms with Gasteiger partial charge in [0.1, 0.15) is 5.82 Å². The van der Waals surface area contributed by atoms with Crippen molar-refractivity contribution in [3.8, 4) is 0 Å². The number of hydrogen-bond donors (Lipinski definition) is 1. The molecule has 0 aliphatic carbocycles. The van der Waals surface area contributed by atoms with E-state index in [1.54, 1.807) is 6.07 Å². The Hall–Kier alpha value is -1.91. The van der Waals surface area contributed by atoms with E-state index in [1.165, 1.54) is 19.1 Å². The molecule has 1 N–H and O–H groups in total. The average molecular weight is 265 g/mol. The molecular formula is C14H16FNO3. The first-order valence-electron chi connectivity index (χ1n) is 6.26. The molecule has 2 rings (SSSR count). The first-order valence-corrected chi connectivity index (χ1v) is 6.26. The van der Waals surface area contributed by atoms with Crippen LogP contribution in [0.2, 0.25) is 0 Å². The molecule has 0 amide bonds. The molecule has 0 radical (unpaired) electrons. The lowest BCUT2D eigenvalue weighted by Crippen LogP contribution is -2.36. The molecule has 0 aromatic heterocycles. The van der Waals surface area contributed by atoms with Crippen LogP contribution in [0.3, 0.4) is 0 Å². The number of carbonyl (C=O) groups excluding carboxylic acids is 1. The van der Waals surface area contributed by atoms with Crippen molar-refractivity contribution >= 4 is 17.4 Å². The summed E-state index contributed by atoms with van der Waals surface area (Å²) in [5.74, 6) is -1.72. The highest BCUT2D eigenvalue weighted by Crippen LogP contribution is 2.25. The van der Waals surface area contributed by atoms with E-state index in [9.17, 15) is 14.0 Å². The molecule has 1 saturated heterocycles. The van der Waals surface area contributed by atoms with Crippen molar-refractivity contribution in [3.05, 3.63) is 29.6 Å². The summed E-state index contributed by atoms with van der Waals surface area (Å²) in [7, 11) is 0. The van der Waals surface area contributed by atoms with Crippen molar-refractivity contribution < 1.29 is 19.1 Å². The van der Waals surface area contributed by atoms with Crippen LogP contribution in [-0.4, -0.2) is 29.9 Å². The third-order valence-electron chi connectivity index (χ3n) is 3.50. The molecule has 0 spiro atoms. The zero-order valence-corrected chi connectivity index (χ0v) is 10.7. The fraction of sp³-hybridized carbons (Fsp3) is 0.429. The molecule has 1 aromatic rings. The summed E-state index contributed by atoms with van der Waals surface area (Å²) in [4.78, 5) is 24.1. The number of nitrogens with zero attached hydrogens (tertiary/aromatic N) is 1. The molecule has 1 aliphatic heterocycles. The molecule has 19 heavy (non-hydrogen) atoms. The zero-order valence-electron chi connectivity index (χ0n) is 10.7. The SMILES string of the molecule is CC(=O)c1cc(F)cc(N2CCC(C(=O)O)CC2)c1. The molecular weight excluding hydrogens is 249 g/mol. The van der Waals surface area contributed by atoms with Crippen molar-refractivity contribution in [2.45, 2.75) is 19.8 Å². The topological polar surface area (TPSA) is 57.6 Å². The normalized spacial score (nSPS) is 16.4. The predicted molar refractivity (Wildman–Crippen MR) is 69.0 cm³/mol. The largest absolute Gasteiger partial charge is 0.481 e. The Kier molecular flexibility index (Phi) is 3.83. The molecule has 0 unspecified atom stereocenters. The lowest BCUT2D eigenvalue weighted by molar-refractivity contribution is -0.142. The van der Waals surface area contributed by atoms with E-state index in [-0.39, 0.29) is 11.7 Å². The summed E-state index contributed by atoms with van der Waals surface area (Å²) >= 11 is 0. The third-order valence-corrected chi connectivity index (χ3v) is 3.50. The van der Waals surface area contributed by atoms with Gasteiger partial charge in [0.25, 0.3) is 0 Å². The van der Waals surface area contributed by atoms with Crippen LogP contribution < -0.4 is 4.90 Å². The number of ketones is 1. The molecule has 0 atom stereocenters. The number of benzene rings is 1. The molecule has 1 fully saturated rings. The Morgan fingerprint density at radius 3 is 2.42 bits per heavy atom. The van der Waals surface area contributed by atoms with Crippen molar-refractivity contribution in [3.63, 3.8) is 0 Å². The van der Waals surface area contributed by atoms with Crippen LogP contribution in [0.1, 0.15) is 30.1 Å². The van der Waals surface area contributed by atoms with E-state index >= 15 is 0 Å². The maximum atomic E-state index is 13.5. The van der Waals surface area contributed by atoms with Crippen molar-refractivity contribution in [2.24, 2.45) is 5.92 Å². The van der Waals surface area contributed by atoms with E-state index in [1.807, 2.05) is 4.90 Å². The molecule has 4 nitrogen and oxygen atoms in total. The quantitative estimate of drug-likeness (QED) is 0.852.